The number of aliphatic hydroxyl groups is 1. The SMILES string of the molecule is COc1ccc(NC(=O)N(C)C[C@@H]2Oc3c(NC(=O)c4nc5ccccc5s4)cccc3C(=O)N([C@H](C)CO)C[C@H]2C)cc1. The Bertz CT molecular complexity index is 1630. The highest BCUT2D eigenvalue weighted by atomic mass is 32.1. The van der Waals surface area contributed by atoms with E-state index in [1.54, 1.807) is 68.4 Å². The second-order valence-corrected chi connectivity index (χ2v) is 11.8. The standard InChI is InChI=1S/C32H35N5O6S/c1-19-16-37(20(2)18-38)31(40)23-8-7-10-25(34-29(39)30-35-24-9-5-6-11-27(24)44-30)28(23)43-26(19)17-36(3)32(41)33-21-12-14-22(42-4)15-13-21/h5-15,19-20,26,38H,16-18H2,1-4H3,(H,33,41)(H,34,39)/t19-,20-,26+/m1/s1. The highest BCUT2D eigenvalue weighted by Crippen LogP contribution is 2.35. The first-order chi connectivity index (χ1) is 21.2. The summed E-state index contributed by atoms with van der Waals surface area (Å²) < 4.78 is 12.6. The molecular weight excluding hydrogens is 582 g/mol. The molecule has 11 nitrogen and oxygen atoms in total. The summed E-state index contributed by atoms with van der Waals surface area (Å²) in [6.07, 6.45) is -0.567. The molecule has 5 rings (SSSR count). The van der Waals surface area contributed by atoms with Gasteiger partial charge >= 0.3 is 6.03 Å². The van der Waals surface area contributed by atoms with E-state index in [1.807, 2.05) is 31.2 Å². The molecule has 3 aromatic carbocycles. The van der Waals surface area contributed by atoms with Gasteiger partial charge in [-0.3, -0.25) is 9.59 Å². The van der Waals surface area contributed by atoms with Crippen LogP contribution in [0.5, 0.6) is 11.5 Å². The number of methoxy groups -OCH3 is 1. The van der Waals surface area contributed by atoms with Gasteiger partial charge in [0, 0.05) is 25.2 Å². The summed E-state index contributed by atoms with van der Waals surface area (Å²) in [5.41, 5.74) is 1.87. The Morgan fingerprint density at radius 1 is 1.14 bits per heavy atom. The summed E-state index contributed by atoms with van der Waals surface area (Å²) in [6, 6.07) is 18.6. The molecule has 1 aliphatic heterocycles. The van der Waals surface area contributed by atoms with Crippen molar-refractivity contribution >= 4 is 50.8 Å². The van der Waals surface area contributed by atoms with E-state index in [0.29, 0.717) is 23.7 Å². The van der Waals surface area contributed by atoms with E-state index >= 15 is 0 Å². The number of ether oxygens (including phenoxy) is 2. The number of hydrogen-bond donors (Lipinski definition) is 3. The van der Waals surface area contributed by atoms with E-state index < -0.39 is 18.1 Å². The first kappa shape index (κ1) is 30.8. The van der Waals surface area contributed by atoms with Crippen molar-refractivity contribution in [3.63, 3.8) is 0 Å². The molecule has 3 atom stereocenters. The van der Waals surface area contributed by atoms with E-state index in [0.717, 1.165) is 10.2 Å². The van der Waals surface area contributed by atoms with Crippen LogP contribution >= 0.6 is 11.3 Å². The number of fused-ring (bicyclic) bond motifs is 2. The third-order valence-corrected chi connectivity index (χ3v) is 8.60. The van der Waals surface area contributed by atoms with Gasteiger partial charge in [-0.05, 0) is 55.5 Å². The predicted molar refractivity (Wildman–Crippen MR) is 170 cm³/mol. The van der Waals surface area contributed by atoms with Gasteiger partial charge in [-0.1, -0.05) is 25.1 Å². The number of hydrogen-bond acceptors (Lipinski definition) is 8. The number of aliphatic hydroxyl groups excluding tert-OH is 1. The highest BCUT2D eigenvalue weighted by molar-refractivity contribution is 7.20. The highest BCUT2D eigenvalue weighted by Gasteiger charge is 2.35. The van der Waals surface area contributed by atoms with E-state index in [2.05, 4.69) is 15.6 Å². The molecule has 0 saturated carbocycles. The summed E-state index contributed by atoms with van der Waals surface area (Å²) in [5.74, 6) is -0.130. The zero-order chi connectivity index (χ0) is 31.4. The number of amides is 4. The summed E-state index contributed by atoms with van der Waals surface area (Å²) in [7, 11) is 3.23. The number of urea groups is 1. The molecule has 0 fully saturated rings. The van der Waals surface area contributed by atoms with Crippen molar-refractivity contribution in [1.29, 1.82) is 0 Å². The van der Waals surface area contributed by atoms with Crippen LogP contribution in [0, 0.1) is 5.92 Å². The molecule has 12 heteroatoms. The number of carbonyl (C=O) groups is 3. The Morgan fingerprint density at radius 3 is 2.59 bits per heavy atom. The van der Waals surface area contributed by atoms with Crippen LogP contribution < -0.4 is 20.1 Å². The van der Waals surface area contributed by atoms with Crippen LogP contribution in [0.15, 0.2) is 66.7 Å². The summed E-state index contributed by atoms with van der Waals surface area (Å²) in [6.45, 7) is 3.95. The van der Waals surface area contributed by atoms with E-state index in [-0.39, 0.29) is 47.3 Å². The Kier molecular flexibility index (Phi) is 9.31. The van der Waals surface area contributed by atoms with Gasteiger partial charge in [0.25, 0.3) is 11.8 Å². The van der Waals surface area contributed by atoms with Crippen LogP contribution in [0.1, 0.15) is 34.0 Å². The number of carbonyl (C=O) groups excluding carboxylic acids is 3. The Balaban J connectivity index is 1.43. The number of nitrogens with one attached hydrogen (secondary N) is 2. The van der Waals surface area contributed by atoms with Crippen LogP contribution in [-0.2, 0) is 0 Å². The molecule has 1 aromatic heterocycles. The summed E-state index contributed by atoms with van der Waals surface area (Å²) in [5, 5.41) is 16.0. The predicted octanol–water partition coefficient (Wildman–Crippen LogP) is 4.94. The average molecular weight is 618 g/mol. The van der Waals surface area contributed by atoms with Crippen molar-refractivity contribution in [3.8, 4) is 11.5 Å². The first-order valence-corrected chi connectivity index (χ1v) is 15.0. The number of benzene rings is 3. The van der Waals surface area contributed by atoms with E-state index in [4.69, 9.17) is 9.47 Å². The lowest BCUT2D eigenvalue weighted by molar-refractivity contribution is 0.0372. The molecule has 0 aliphatic carbocycles. The Labute approximate surface area is 259 Å². The van der Waals surface area contributed by atoms with Crippen molar-refractivity contribution in [2.24, 2.45) is 5.92 Å². The van der Waals surface area contributed by atoms with Gasteiger partial charge in [-0.25, -0.2) is 9.78 Å². The molecule has 230 valence electrons. The molecule has 3 N–H and O–H groups in total. The lowest BCUT2D eigenvalue weighted by Crippen LogP contribution is -2.50. The maximum atomic E-state index is 13.8. The fourth-order valence-electron chi connectivity index (χ4n) is 4.95. The number of rotatable bonds is 8. The quantitative estimate of drug-likeness (QED) is 0.255. The van der Waals surface area contributed by atoms with Crippen LogP contribution in [0.4, 0.5) is 16.2 Å². The second-order valence-electron chi connectivity index (χ2n) is 10.8. The minimum atomic E-state index is -0.567. The molecule has 1 aliphatic rings. The fourth-order valence-corrected chi connectivity index (χ4v) is 5.81. The zero-order valence-corrected chi connectivity index (χ0v) is 25.8. The third kappa shape index (κ3) is 6.61. The smallest absolute Gasteiger partial charge is 0.321 e. The maximum Gasteiger partial charge on any atom is 0.321 e. The minimum absolute atomic E-state index is 0.179. The lowest BCUT2D eigenvalue weighted by atomic mass is 9.99. The van der Waals surface area contributed by atoms with Crippen LogP contribution in [0.2, 0.25) is 0 Å². The number of likely N-dealkylation sites (N-methyl/N-ethyl adjacent to an activating group) is 1. The topological polar surface area (TPSA) is 133 Å². The molecule has 4 aromatic rings. The van der Waals surface area contributed by atoms with Gasteiger partial charge in [0.05, 0.1) is 47.8 Å². The average Bonchev–Trinajstić information content (AvgIpc) is 3.47. The van der Waals surface area contributed by atoms with Crippen molar-refractivity contribution in [1.82, 2.24) is 14.8 Å². The van der Waals surface area contributed by atoms with Gasteiger partial charge < -0.3 is 35.0 Å². The van der Waals surface area contributed by atoms with Gasteiger partial charge in [0.15, 0.2) is 10.8 Å². The minimum Gasteiger partial charge on any atom is -0.497 e. The number of aromatic nitrogens is 1. The third-order valence-electron chi connectivity index (χ3n) is 7.57. The first-order valence-electron chi connectivity index (χ1n) is 14.2. The van der Waals surface area contributed by atoms with Crippen molar-refractivity contribution in [2.45, 2.75) is 26.0 Å². The number of nitrogens with zero attached hydrogens (tertiary/aromatic N) is 3. The van der Waals surface area contributed by atoms with Gasteiger partial charge in [0.1, 0.15) is 11.9 Å². The van der Waals surface area contributed by atoms with Crippen molar-refractivity contribution in [2.75, 3.05) is 44.5 Å². The molecule has 0 spiro atoms. The van der Waals surface area contributed by atoms with Crippen molar-refractivity contribution in [3.05, 3.63) is 77.3 Å². The van der Waals surface area contributed by atoms with Crippen LogP contribution in [0.3, 0.4) is 0 Å². The Morgan fingerprint density at radius 2 is 1.89 bits per heavy atom. The molecule has 2 heterocycles. The molecular formula is C32H35N5O6S. The van der Waals surface area contributed by atoms with E-state index in [1.165, 1.54) is 16.2 Å². The maximum absolute atomic E-state index is 13.8. The lowest BCUT2D eigenvalue weighted by Gasteiger charge is -2.38. The normalized spacial score (nSPS) is 17.1. The number of para-hydroxylation sites is 2. The second kappa shape index (κ2) is 13.3. The van der Waals surface area contributed by atoms with Crippen molar-refractivity contribution < 1.29 is 29.0 Å². The van der Waals surface area contributed by atoms with Crippen LogP contribution in [-0.4, -0.2) is 83.7 Å². The van der Waals surface area contributed by atoms with Gasteiger partial charge in [0.2, 0.25) is 0 Å². The molecule has 0 radical (unpaired) electrons. The largest absolute Gasteiger partial charge is 0.497 e. The van der Waals surface area contributed by atoms with Crippen LogP contribution in [0.25, 0.3) is 10.2 Å². The van der Waals surface area contributed by atoms with Gasteiger partial charge in [-0.15, -0.1) is 11.3 Å². The van der Waals surface area contributed by atoms with Gasteiger partial charge in [-0.2, -0.15) is 0 Å². The summed E-state index contributed by atoms with van der Waals surface area (Å²) in [4.78, 5) is 47.8. The zero-order valence-electron chi connectivity index (χ0n) is 24.9. The fraction of sp³-hybridized carbons (Fsp3) is 0.312. The molecule has 0 unspecified atom stereocenters. The molecule has 0 bridgehead atoms. The molecule has 4 amide bonds. The Hall–Kier alpha value is -4.68. The number of thiazole rings is 1. The molecule has 44 heavy (non-hydrogen) atoms. The molecule has 0 saturated heterocycles. The van der Waals surface area contributed by atoms with E-state index in [9.17, 15) is 19.5 Å². The monoisotopic (exact) mass is 617 g/mol. The summed E-state index contributed by atoms with van der Waals surface area (Å²) >= 11 is 1.27. The number of anilines is 2.